The number of para-hydroxylation sites is 1. The van der Waals surface area contributed by atoms with Crippen LogP contribution >= 0.6 is 11.6 Å². The Labute approximate surface area is 122 Å². The molecule has 0 aliphatic heterocycles. The Bertz CT molecular complexity index is 717. The van der Waals surface area contributed by atoms with Crippen LogP contribution in [0, 0.1) is 0 Å². The first-order valence-corrected chi connectivity index (χ1v) is 6.96. The lowest BCUT2D eigenvalue weighted by Crippen LogP contribution is -2.16. The minimum atomic E-state index is 0.472. The number of nitrogens with zero attached hydrogens (tertiary/aromatic N) is 2. The van der Waals surface area contributed by atoms with Crippen molar-refractivity contribution in [2.45, 2.75) is 13.0 Å². The molecule has 4 nitrogen and oxygen atoms in total. The molecule has 3 aromatic rings. The highest BCUT2D eigenvalue weighted by atomic mass is 35.5. The SMILES string of the molecule is Cn1cc(CCNCc2c(Cl)oc3ccccc23)cn1. The molecular weight excluding hydrogens is 274 g/mol. The van der Waals surface area contributed by atoms with Crippen LogP contribution in [0.3, 0.4) is 0 Å². The van der Waals surface area contributed by atoms with Crippen LogP contribution in [0.25, 0.3) is 11.0 Å². The third-order valence-electron chi connectivity index (χ3n) is 3.30. The van der Waals surface area contributed by atoms with Crippen LogP contribution in [0.15, 0.2) is 41.1 Å². The number of fused-ring (bicyclic) bond motifs is 1. The molecule has 0 unspecified atom stereocenters. The Kier molecular flexibility index (Phi) is 3.76. The summed E-state index contributed by atoms with van der Waals surface area (Å²) in [7, 11) is 1.92. The third kappa shape index (κ3) is 2.71. The molecule has 104 valence electrons. The highest BCUT2D eigenvalue weighted by Gasteiger charge is 2.11. The lowest BCUT2D eigenvalue weighted by Gasteiger charge is -2.02. The molecule has 20 heavy (non-hydrogen) atoms. The minimum absolute atomic E-state index is 0.472. The van der Waals surface area contributed by atoms with Gasteiger partial charge in [-0.25, -0.2) is 0 Å². The molecule has 0 radical (unpaired) electrons. The summed E-state index contributed by atoms with van der Waals surface area (Å²) >= 11 is 6.15. The van der Waals surface area contributed by atoms with Gasteiger partial charge in [0.1, 0.15) is 5.58 Å². The van der Waals surface area contributed by atoms with Gasteiger partial charge in [-0.05, 0) is 36.2 Å². The second kappa shape index (κ2) is 5.69. The van der Waals surface area contributed by atoms with Crippen molar-refractivity contribution < 1.29 is 4.42 Å². The molecule has 0 saturated heterocycles. The van der Waals surface area contributed by atoms with Gasteiger partial charge in [0.15, 0.2) is 5.22 Å². The molecule has 0 saturated carbocycles. The summed E-state index contributed by atoms with van der Waals surface area (Å²) in [4.78, 5) is 0. The Hall–Kier alpha value is -1.78. The highest BCUT2D eigenvalue weighted by Crippen LogP contribution is 2.29. The predicted octanol–water partition coefficient (Wildman–Crippen LogP) is 3.15. The van der Waals surface area contributed by atoms with Crippen molar-refractivity contribution in [3.63, 3.8) is 0 Å². The molecule has 0 spiro atoms. The van der Waals surface area contributed by atoms with Crippen LogP contribution in [0.2, 0.25) is 5.22 Å². The maximum absolute atomic E-state index is 6.15. The Morgan fingerprint density at radius 1 is 1.35 bits per heavy atom. The number of furan rings is 1. The van der Waals surface area contributed by atoms with E-state index in [0.29, 0.717) is 11.8 Å². The summed E-state index contributed by atoms with van der Waals surface area (Å²) in [5.74, 6) is 0. The molecule has 0 bridgehead atoms. The molecule has 3 rings (SSSR count). The maximum atomic E-state index is 6.15. The predicted molar refractivity (Wildman–Crippen MR) is 79.8 cm³/mol. The van der Waals surface area contributed by atoms with E-state index in [0.717, 1.165) is 29.5 Å². The van der Waals surface area contributed by atoms with Crippen molar-refractivity contribution in [1.82, 2.24) is 15.1 Å². The van der Waals surface area contributed by atoms with Gasteiger partial charge in [-0.2, -0.15) is 5.10 Å². The number of halogens is 1. The lowest BCUT2D eigenvalue weighted by atomic mass is 10.2. The molecule has 2 aromatic heterocycles. The Morgan fingerprint density at radius 2 is 2.20 bits per heavy atom. The van der Waals surface area contributed by atoms with Gasteiger partial charge < -0.3 is 9.73 Å². The summed E-state index contributed by atoms with van der Waals surface area (Å²) < 4.78 is 7.35. The van der Waals surface area contributed by atoms with E-state index >= 15 is 0 Å². The van der Waals surface area contributed by atoms with Crippen molar-refractivity contribution in [2.24, 2.45) is 7.05 Å². The van der Waals surface area contributed by atoms with Gasteiger partial charge in [0.05, 0.1) is 6.20 Å². The van der Waals surface area contributed by atoms with Gasteiger partial charge >= 0.3 is 0 Å². The van der Waals surface area contributed by atoms with E-state index in [2.05, 4.69) is 10.4 Å². The topological polar surface area (TPSA) is 43.0 Å². The van der Waals surface area contributed by atoms with Gasteiger partial charge in [-0.3, -0.25) is 4.68 Å². The number of aromatic nitrogens is 2. The standard InChI is InChI=1S/C15H16ClN3O/c1-19-10-11(8-18-19)6-7-17-9-13-12-4-2-3-5-14(12)20-15(13)16/h2-5,8,10,17H,6-7,9H2,1H3. The van der Waals surface area contributed by atoms with E-state index in [9.17, 15) is 0 Å². The van der Waals surface area contributed by atoms with Crippen LogP contribution in [0.4, 0.5) is 0 Å². The Morgan fingerprint density at radius 3 is 3.00 bits per heavy atom. The number of nitrogens with one attached hydrogen (secondary N) is 1. The third-order valence-corrected chi connectivity index (χ3v) is 3.60. The van der Waals surface area contributed by atoms with Gasteiger partial charge in [0, 0.05) is 30.7 Å². The van der Waals surface area contributed by atoms with E-state index in [1.54, 1.807) is 0 Å². The number of benzene rings is 1. The smallest absolute Gasteiger partial charge is 0.199 e. The second-order valence-electron chi connectivity index (χ2n) is 4.80. The fourth-order valence-electron chi connectivity index (χ4n) is 2.28. The minimum Gasteiger partial charge on any atom is -0.444 e. The van der Waals surface area contributed by atoms with Crippen LogP contribution in [0.5, 0.6) is 0 Å². The number of hydrogen-bond acceptors (Lipinski definition) is 3. The van der Waals surface area contributed by atoms with Crippen molar-refractivity contribution in [2.75, 3.05) is 6.54 Å². The van der Waals surface area contributed by atoms with Crippen molar-refractivity contribution in [3.8, 4) is 0 Å². The highest BCUT2D eigenvalue weighted by molar-refractivity contribution is 6.30. The monoisotopic (exact) mass is 289 g/mol. The van der Waals surface area contributed by atoms with Crippen LogP contribution in [0.1, 0.15) is 11.1 Å². The fourth-order valence-corrected chi connectivity index (χ4v) is 2.53. The van der Waals surface area contributed by atoms with Crippen molar-refractivity contribution >= 4 is 22.6 Å². The van der Waals surface area contributed by atoms with E-state index in [1.807, 2.05) is 48.4 Å². The average Bonchev–Trinajstić information content (AvgIpc) is 2.98. The molecule has 5 heteroatoms. The van der Waals surface area contributed by atoms with Crippen molar-refractivity contribution in [3.05, 3.63) is 53.0 Å². The van der Waals surface area contributed by atoms with Gasteiger partial charge in [-0.1, -0.05) is 18.2 Å². The van der Waals surface area contributed by atoms with Crippen LogP contribution in [-0.4, -0.2) is 16.3 Å². The maximum Gasteiger partial charge on any atom is 0.199 e. The van der Waals surface area contributed by atoms with E-state index in [4.69, 9.17) is 16.0 Å². The van der Waals surface area contributed by atoms with Gasteiger partial charge in [0.25, 0.3) is 0 Å². The lowest BCUT2D eigenvalue weighted by molar-refractivity contribution is 0.604. The summed E-state index contributed by atoms with van der Waals surface area (Å²) in [6, 6.07) is 7.90. The van der Waals surface area contributed by atoms with Gasteiger partial charge in [-0.15, -0.1) is 0 Å². The summed E-state index contributed by atoms with van der Waals surface area (Å²) in [6.45, 7) is 1.58. The number of aryl methyl sites for hydroxylation is 1. The number of rotatable bonds is 5. The molecule has 0 aliphatic carbocycles. The zero-order valence-electron chi connectivity index (χ0n) is 11.3. The molecule has 0 fully saturated rings. The quantitative estimate of drug-likeness (QED) is 0.734. The van der Waals surface area contributed by atoms with E-state index in [1.165, 1.54) is 5.56 Å². The molecule has 2 heterocycles. The Balaban J connectivity index is 1.61. The van der Waals surface area contributed by atoms with Crippen LogP contribution in [-0.2, 0) is 20.0 Å². The summed E-state index contributed by atoms with van der Waals surface area (Å²) in [5, 5.41) is 9.10. The average molecular weight is 290 g/mol. The number of hydrogen-bond donors (Lipinski definition) is 1. The van der Waals surface area contributed by atoms with Gasteiger partial charge in [0.2, 0.25) is 0 Å². The van der Waals surface area contributed by atoms with E-state index < -0.39 is 0 Å². The summed E-state index contributed by atoms with van der Waals surface area (Å²) in [6.07, 6.45) is 4.87. The summed E-state index contributed by atoms with van der Waals surface area (Å²) in [5.41, 5.74) is 3.08. The largest absolute Gasteiger partial charge is 0.444 e. The fraction of sp³-hybridized carbons (Fsp3) is 0.267. The molecular formula is C15H16ClN3O. The first kappa shape index (κ1) is 13.2. The molecule has 1 aromatic carbocycles. The normalized spacial score (nSPS) is 11.3. The second-order valence-corrected chi connectivity index (χ2v) is 5.14. The zero-order chi connectivity index (χ0) is 13.9. The first-order chi connectivity index (χ1) is 9.74. The molecule has 0 atom stereocenters. The van der Waals surface area contributed by atoms with Crippen LogP contribution < -0.4 is 5.32 Å². The van der Waals surface area contributed by atoms with E-state index in [-0.39, 0.29) is 0 Å². The molecule has 1 N–H and O–H groups in total. The molecule has 0 amide bonds. The molecule has 0 aliphatic rings. The van der Waals surface area contributed by atoms with Crippen molar-refractivity contribution in [1.29, 1.82) is 0 Å². The first-order valence-electron chi connectivity index (χ1n) is 6.58. The zero-order valence-corrected chi connectivity index (χ0v) is 12.0.